The van der Waals surface area contributed by atoms with Gasteiger partial charge < -0.3 is 15.2 Å². The highest BCUT2D eigenvalue weighted by molar-refractivity contribution is 5.94. The van der Waals surface area contributed by atoms with Crippen LogP contribution in [-0.2, 0) is 17.9 Å². The number of aromatic nitrogens is 3. The standard InChI is InChI=1S/C26H23N5O3/c1-15-8-24(30-11-17(15)9-27)31-13-18(25-22(31)4-3-7-29-25)10-28-12-23(32)19-5-6-20-21(16(19)2)14-34-26(20)33/h3-8,11,13,23,28,32H,10,12,14H2,1-2H3/t23-/m0/s1. The third kappa shape index (κ3) is 3.71. The molecule has 5 rings (SSSR count). The molecule has 4 heterocycles. The van der Waals surface area contributed by atoms with Gasteiger partial charge in [-0.2, -0.15) is 5.26 Å². The van der Waals surface area contributed by atoms with Gasteiger partial charge in [-0.25, -0.2) is 9.78 Å². The molecule has 0 unspecified atom stereocenters. The van der Waals surface area contributed by atoms with Crippen LogP contribution in [0.3, 0.4) is 0 Å². The van der Waals surface area contributed by atoms with Crippen LogP contribution in [0, 0.1) is 25.2 Å². The van der Waals surface area contributed by atoms with Crippen molar-refractivity contribution in [2.45, 2.75) is 33.1 Å². The third-order valence-corrected chi connectivity index (χ3v) is 6.32. The summed E-state index contributed by atoms with van der Waals surface area (Å²) in [5.74, 6) is 0.402. The number of aliphatic hydroxyl groups is 1. The van der Waals surface area contributed by atoms with Crippen molar-refractivity contribution < 1.29 is 14.6 Å². The fourth-order valence-electron chi connectivity index (χ4n) is 4.42. The van der Waals surface area contributed by atoms with Gasteiger partial charge in [-0.1, -0.05) is 6.07 Å². The number of nitriles is 1. The van der Waals surface area contributed by atoms with Crippen LogP contribution in [0.2, 0.25) is 0 Å². The number of benzene rings is 1. The number of aliphatic hydroxyl groups excluding tert-OH is 1. The first-order valence-corrected chi connectivity index (χ1v) is 11.0. The highest BCUT2D eigenvalue weighted by Crippen LogP contribution is 2.29. The largest absolute Gasteiger partial charge is 0.457 e. The lowest BCUT2D eigenvalue weighted by Gasteiger charge is -2.16. The number of carbonyl (C=O) groups excluding carboxylic acids is 1. The molecule has 8 heteroatoms. The molecule has 0 fully saturated rings. The number of hydrogen-bond donors (Lipinski definition) is 2. The van der Waals surface area contributed by atoms with E-state index in [0.717, 1.165) is 38.9 Å². The zero-order valence-electron chi connectivity index (χ0n) is 18.9. The van der Waals surface area contributed by atoms with E-state index in [0.29, 0.717) is 30.0 Å². The van der Waals surface area contributed by atoms with E-state index >= 15 is 0 Å². The molecule has 34 heavy (non-hydrogen) atoms. The lowest BCUT2D eigenvalue weighted by molar-refractivity contribution is 0.0535. The number of cyclic esters (lactones) is 1. The highest BCUT2D eigenvalue weighted by Gasteiger charge is 2.25. The van der Waals surface area contributed by atoms with Crippen molar-refractivity contribution >= 4 is 17.0 Å². The van der Waals surface area contributed by atoms with Gasteiger partial charge >= 0.3 is 5.97 Å². The van der Waals surface area contributed by atoms with Gasteiger partial charge in [-0.3, -0.25) is 9.55 Å². The first kappa shape index (κ1) is 21.8. The van der Waals surface area contributed by atoms with Crippen molar-refractivity contribution in [3.63, 3.8) is 0 Å². The number of nitrogens with one attached hydrogen (secondary N) is 1. The molecule has 1 atom stereocenters. The lowest BCUT2D eigenvalue weighted by Crippen LogP contribution is -2.22. The summed E-state index contributed by atoms with van der Waals surface area (Å²) >= 11 is 0. The summed E-state index contributed by atoms with van der Waals surface area (Å²) in [6.07, 6.45) is 4.58. The zero-order valence-corrected chi connectivity index (χ0v) is 18.9. The Morgan fingerprint density at radius 1 is 1.29 bits per heavy atom. The molecule has 0 saturated carbocycles. The van der Waals surface area contributed by atoms with E-state index < -0.39 is 6.10 Å². The number of aryl methyl sites for hydroxylation is 1. The van der Waals surface area contributed by atoms with Crippen molar-refractivity contribution in [3.8, 4) is 11.9 Å². The predicted octanol–water partition coefficient (Wildman–Crippen LogP) is 3.40. The average Bonchev–Trinajstić information content (AvgIpc) is 3.40. The van der Waals surface area contributed by atoms with Gasteiger partial charge in [0.15, 0.2) is 0 Å². The summed E-state index contributed by atoms with van der Waals surface area (Å²) < 4.78 is 7.08. The van der Waals surface area contributed by atoms with Crippen molar-refractivity contribution in [2.75, 3.05) is 6.54 Å². The molecule has 0 amide bonds. The van der Waals surface area contributed by atoms with Crippen LogP contribution in [0.25, 0.3) is 16.9 Å². The third-order valence-electron chi connectivity index (χ3n) is 6.32. The van der Waals surface area contributed by atoms with Crippen molar-refractivity contribution in [2.24, 2.45) is 0 Å². The summed E-state index contributed by atoms with van der Waals surface area (Å²) in [5.41, 5.74) is 7.22. The Morgan fingerprint density at radius 3 is 2.94 bits per heavy atom. The van der Waals surface area contributed by atoms with E-state index in [1.165, 1.54) is 0 Å². The number of esters is 1. The summed E-state index contributed by atoms with van der Waals surface area (Å²) in [6, 6.07) is 11.4. The quantitative estimate of drug-likeness (QED) is 0.430. The normalized spacial score (nSPS) is 13.5. The Hall–Kier alpha value is -4.06. The smallest absolute Gasteiger partial charge is 0.338 e. The number of rotatable bonds is 6. The Balaban J connectivity index is 1.36. The molecule has 0 aliphatic carbocycles. The fourth-order valence-corrected chi connectivity index (χ4v) is 4.42. The number of pyridine rings is 2. The van der Waals surface area contributed by atoms with E-state index in [2.05, 4.69) is 21.4 Å². The summed E-state index contributed by atoms with van der Waals surface area (Å²) in [5, 5.41) is 23.3. The molecule has 0 radical (unpaired) electrons. The molecular formula is C26H23N5O3. The maximum absolute atomic E-state index is 11.8. The minimum atomic E-state index is -0.731. The van der Waals surface area contributed by atoms with Gasteiger partial charge in [-0.15, -0.1) is 0 Å². The Bertz CT molecular complexity index is 1470. The summed E-state index contributed by atoms with van der Waals surface area (Å²) in [6.45, 7) is 4.88. The maximum atomic E-state index is 11.8. The predicted molar refractivity (Wildman–Crippen MR) is 125 cm³/mol. The minimum absolute atomic E-state index is 0.252. The van der Waals surface area contributed by atoms with Gasteiger partial charge in [0.25, 0.3) is 0 Å². The Kier molecular flexibility index (Phi) is 5.57. The second-order valence-corrected chi connectivity index (χ2v) is 8.39. The Labute approximate surface area is 196 Å². The van der Waals surface area contributed by atoms with Crippen molar-refractivity contribution in [1.29, 1.82) is 5.26 Å². The van der Waals surface area contributed by atoms with Crippen LogP contribution in [0.5, 0.6) is 0 Å². The maximum Gasteiger partial charge on any atom is 0.338 e. The SMILES string of the molecule is Cc1cc(-n2cc(CNC[C@H](O)c3ccc4c(c3C)COC4=O)c3ncccc32)ncc1C#N. The van der Waals surface area contributed by atoms with E-state index in [1.54, 1.807) is 24.5 Å². The molecule has 170 valence electrons. The van der Waals surface area contributed by atoms with Crippen LogP contribution in [-0.4, -0.2) is 32.2 Å². The fraction of sp³-hybridized carbons (Fsp3) is 0.231. The second-order valence-electron chi connectivity index (χ2n) is 8.39. The number of ether oxygens (including phenoxy) is 1. The zero-order chi connectivity index (χ0) is 23.8. The monoisotopic (exact) mass is 453 g/mol. The van der Waals surface area contributed by atoms with Crippen molar-refractivity contribution in [1.82, 2.24) is 19.9 Å². The number of nitrogens with zero attached hydrogens (tertiary/aromatic N) is 4. The van der Waals surface area contributed by atoms with Gasteiger partial charge in [0.2, 0.25) is 0 Å². The first-order chi connectivity index (χ1) is 16.5. The van der Waals surface area contributed by atoms with Crippen LogP contribution in [0.1, 0.15) is 49.8 Å². The van der Waals surface area contributed by atoms with Gasteiger partial charge in [0.1, 0.15) is 18.5 Å². The first-order valence-electron chi connectivity index (χ1n) is 11.0. The second kappa shape index (κ2) is 8.71. The molecular weight excluding hydrogens is 430 g/mol. The van der Waals surface area contributed by atoms with Gasteiger partial charge in [0, 0.05) is 42.8 Å². The topological polar surface area (TPSA) is 113 Å². The van der Waals surface area contributed by atoms with E-state index in [-0.39, 0.29) is 12.6 Å². The van der Waals surface area contributed by atoms with Crippen LogP contribution >= 0.6 is 0 Å². The number of carbonyl (C=O) groups is 1. The number of hydrogen-bond acceptors (Lipinski definition) is 7. The molecule has 4 aromatic rings. The highest BCUT2D eigenvalue weighted by atomic mass is 16.5. The molecule has 1 aromatic carbocycles. The molecule has 3 aromatic heterocycles. The molecule has 0 saturated heterocycles. The summed E-state index contributed by atoms with van der Waals surface area (Å²) in [7, 11) is 0. The molecule has 0 spiro atoms. The molecule has 0 bridgehead atoms. The molecule has 2 N–H and O–H groups in total. The average molecular weight is 454 g/mol. The van der Waals surface area contributed by atoms with Crippen molar-refractivity contribution in [3.05, 3.63) is 87.9 Å². The van der Waals surface area contributed by atoms with Gasteiger partial charge in [0.05, 0.1) is 28.3 Å². The van der Waals surface area contributed by atoms with Gasteiger partial charge in [-0.05, 0) is 54.8 Å². The van der Waals surface area contributed by atoms with Crippen LogP contribution in [0.4, 0.5) is 0 Å². The lowest BCUT2D eigenvalue weighted by atomic mass is 9.95. The number of fused-ring (bicyclic) bond motifs is 2. The van der Waals surface area contributed by atoms with E-state index in [9.17, 15) is 15.2 Å². The van der Waals surface area contributed by atoms with E-state index in [4.69, 9.17) is 4.74 Å². The molecule has 8 nitrogen and oxygen atoms in total. The Morgan fingerprint density at radius 2 is 2.15 bits per heavy atom. The van der Waals surface area contributed by atoms with E-state index in [1.807, 2.05) is 42.8 Å². The van der Waals surface area contributed by atoms with Crippen LogP contribution < -0.4 is 5.32 Å². The van der Waals surface area contributed by atoms with Crippen LogP contribution in [0.15, 0.2) is 48.9 Å². The molecule has 1 aliphatic heterocycles. The minimum Gasteiger partial charge on any atom is -0.457 e. The summed E-state index contributed by atoms with van der Waals surface area (Å²) in [4.78, 5) is 20.8. The molecule has 1 aliphatic rings.